The molecule has 28 heavy (non-hydrogen) atoms. The Morgan fingerprint density at radius 1 is 1.04 bits per heavy atom. The van der Waals surface area contributed by atoms with Crippen molar-refractivity contribution >= 4 is 11.7 Å². The number of nitrogens with one attached hydrogen (secondary N) is 2. The molecule has 0 unspecified atom stereocenters. The van der Waals surface area contributed by atoms with Gasteiger partial charge in [0.25, 0.3) is 5.91 Å². The molecule has 2 aromatic rings. The maximum atomic E-state index is 12.6. The van der Waals surface area contributed by atoms with Gasteiger partial charge < -0.3 is 20.1 Å². The predicted octanol–water partition coefficient (Wildman–Crippen LogP) is 4.16. The van der Waals surface area contributed by atoms with E-state index in [1.54, 1.807) is 32.5 Å². The van der Waals surface area contributed by atoms with Crippen LogP contribution in [0, 0.1) is 0 Å². The van der Waals surface area contributed by atoms with Gasteiger partial charge in [0.2, 0.25) is 0 Å². The van der Waals surface area contributed by atoms with E-state index < -0.39 is 0 Å². The molecule has 1 aromatic heterocycles. The van der Waals surface area contributed by atoms with E-state index in [1.165, 1.54) is 25.7 Å². The number of anilines is 1. The summed E-state index contributed by atoms with van der Waals surface area (Å²) in [5.41, 5.74) is 1.67. The zero-order chi connectivity index (χ0) is 19.8. The van der Waals surface area contributed by atoms with Crippen molar-refractivity contribution < 1.29 is 14.3 Å². The fourth-order valence-electron chi connectivity index (χ4n) is 3.54. The van der Waals surface area contributed by atoms with Gasteiger partial charge in [0, 0.05) is 24.3 Å². The maximum absolute atomic E-state index is 12.6. The van der Waals surface area contributed by atoms with Gasteiger partial charge in [0.05, 0.1) is 14.2 Å². The molecule has 150 valence electrons. The predicted molar refractivity (Wildman–Crippen MR) is 110 cm³/mol. The van der Waals surface area contributed by atoms with Gasteiger partial charge in [-0.2, -0.15) is 0 Å². The normalized spacial score (nSPS) is 14.8. The van der Waals surface area contributed by atoms with Crippen LogP contribution in [0.5, 0.6) is 11.5 Å². The summed E-state index contributed by atoms with van der Waals surface area (Å²) in [6, 6.07) is 9.61. The number of hydrogen-bond acceptors (Lipinski definition) is 5. The van der Waals surface area contributed by atoms with Gasteiger partial charge in [0.1, 0.15) is 5.82 Å². The Hall–Kier alpha value is -2.76. The van der Waals surface area contributed by atoms with Crippen molar-refractivity contribution in [2.75, 3.05) is 19.5 Å². The lowest BCUT2D eigenvalue weighted by atomic mass is 10.1. The molecule has 1 aliphatic rings. The zero-order valence-electron chi connectivity index (χ0n) is 16.7. The molecule has 1 aromatic carbocycles. The first-order valence-corrected chi connectivity index (χ1v) is 9.91. The largest absolute Gasteiger partial charge is 0.493 e. The molecular formula is C22H29N3O3. The van der Waals surface area contributed by atoms with E-state index in [0.29, 0.717) is 29.4 Å². The average molecular weight is 383 g/mol. The minimum atomic E-state index is -0.0246. The van der Waals surface area contributed by atoms with E-state index in [9.17, 15) is 4.79 Å². The Morgan fingerprint density at radius 3 is 2.50 bits per heavy atom. The molecule has 3 rings (SSSR count). The van der Waals surface area contributed by atoms with Crippen LogP contribution in [-0.2, 0) is 6.54 Å². The molecule has 1 fully saturated rings. The number of benzene rings is 1. The molecule has 1 amide bonds. The molecule has 6 heteroatoms. The number of hydrogen-bond donors (Lipinski definition) is 2. The molecule has 1 aliphatic carbocycles. The van der Waals surface area contributed by atoms with Crippen molar-refractivity contribution in [1.29, 1.82) is 0 Å². The highest BCUT2D eigenvalue weighted by molar-refractivity contribution is 5.95. The van der Waals surface area contributed by atoms with E-state index in [1.807, 2.05) is 18.2 Å². The van der Waals surface area contributed by atoms with Crippen molar-refractivity contribution in [1.82, 2.24) is 10.3 Å². The van der Waals surface area contributed by atoms with Gasteiger partial charge in [-0.15, -0.1) is 0 Å². The van der Waals surface area contributed by atoms with Crippen molar-refractivity contribution in [3.05, 3.63) is 47.7 Å². The fourth-order valence-corrected chi connectivity index (χ4v) is 3.54. The van der Waals surface area contributed by atoms with Gasteiger partial charge in [0.15, 0.2) is 11.5 Å². The number of methoxy groups -OCH3 is 2. The second-order valence-corrected chi connectivity index (χ2v) is 7.13. The lowest BCUT2D eigenvalue weighted by molar-refractivity contribution is 0.0933. The molecule has 1 saturated carbocycles. The monoisotopic (exact) mass is 383 g/mol. The van der Waals surface area contributed by atoms with Crippen LogP contribution < -0.4 is 20.1 Å². The summed E-state index contributed by atoms with van der Waals surface area (Å²) in [7, 11) is 3.23. The summed E-state index contributed by atoms with van der Waals surface area (Å²) in [5, 5.41) is 6.45. The van der Waals surface area contributed by atoms with E-state index in [4.69, 9.17) is 9.47 Å². The topological polar surface area (TPSA) is 72.5 Å². The fraction of sp³-hybridized carbons (Fsp3) is 0.455. The van der Waals surface area contributed by atoms with Crippen molar-refractivity contribution in [2.45, 2.75) is 51.1 Å². The van der Waals surface area contributed by atoms with Gasteiger partial charge in [-0.3, -0.25) is 4.79 Å². The minimum absolute atomic E-state index is 0.0246. The van der Waals surface area contributed by atoms with E-state index in [-0.39, 0.29) is 11.9 Å². The van der Waals surface area contributed by atoms with Crippen molar-refractivity contribution in [2.24, 2.45) is 0 Å². The molecule has 0 saturated heterocycles. The summed E-state index contributed by atoms with van der Waals surface area (Å²) in [6.07, 6.45) is 8.73. The molecule has 0 atom stereocenters. The van der Waals surface area contributed by atoms with Crippen molar-refractivity contribution in [3.63, 3.8) is 0 Å². The van der Waals surface area contributed by atoms with Crippen LogP contribution in [0.1, 0.15) is 54.4 Å². The third kappa shape index (κ3) is 5.38. The van der Waals surface area contributed by atoms with Crippen LogP contribution in [0.2, 0.25) is 0 Å². The number of nitrogens with zero attached hydrogens (tertiary/aromatic N) is 1. The highest BCUT2D eigenvalue weighted by atomic mass is 16.5. The van der Waals surface area contributed by atoms with Gasteiger partial charge >= 0.3 is 0 Å². The minimum Gasteiger partial charge on any atom is -0.493 e. The van der Waals surface area contributed by atoms with E-state index >= 15 is 0 Å². The van der Waals surface area contributed by atoms with Crippen LogP contribution in [-0.4, -0.2) is 31.2 Å². The molecule has 0 aliphatic heterocycles. The number of carbonyl (C=O) groups excluding carboxylic acids is 1. The van der Waals surface area contributed by atoms with Crippen LogP contribution in [0.15, 0.2) is 36.5 Å². The first-order valence-electron chi connectivity index (χ1n) is 9.91. The van der Waals surface area contributed by atoms with Gasteiger partial charge in [-0.1, -0.05) is 31.7 Å². The van der Waals surface area contributed by atoms with Gasteiger partial charge in [-0.05, 0) is 42.7 Å². The lowest BCUT2D eigenvalue weighted by Gasteiger charge is -2.16. The summed E-state index contributed by atoms with van der Waals surface area (Å²) in [5.74, 6) is 2.03. The first-order chi connectivity index (χ1) is 13.7. The molecule has 2 N–H and O–H groups in total. The number of rotatable bonds is 7. The Bertz CT molecular complexity index is 786. The second-order valence-electron chi connectivity index (χ2n) is 7.13. The maximum Gasteiger partial charge on any atom is 0.251 e. The number of amides is 1. The summed E-state index contributed by atoms with van der Waals surface area (Å²) in [4.78, 5) is 16.9. The zero-order valence-corrected chi connectivity index (χ0v) is 16.7. The number of pyridine rings is 1. The lowest BCUT2D eigenvalue weighted by Crippen LogP contribution is -2.34. The van der Waals surface area contributed by atoms with E-state index in [0.717, 1.165) is 18.4 Å². The third-order valence-electron chi connectivity index (χ3n) is 5.13. The number of carbonyl (C=O) groups is 1. The number of ether oxygens (including phenoxy) is 2. The highest BCUT2D eigenvalue weighted by Crippen LogP contribution is 2.27. The van der Waals surface area contributed by atoms with Crippen LogP contribution in [0.3, 0.4) is 0 Å². The number of aromatic nitrogens is 1. The molecule has 0 bridgehead atoms. The molecule has 0 spiro atoms. The molecule has 6 nitrogen and oxygen atoms in total. The van der Waals surface area contributed by atoms with Gasteiger partial charge in [-0.25, -0.2) is 4.98 Å². The Morgan fingerprint density at radius 2 is 1.79 bits per heavy atom. The SMILES string of the molecule is COc1ccc(CNc2cc(C(=O)NC3CCCCCC3)ccn2)cc1OC. The summed E-state index contributed by atoms with van der Waals surface area (Å²) >= 11 is 0. The van der Waals surface area contributed by atoms with Crippen LogP contribution in [0.4, 0.5) is 5.82 Å². The molecule has 0 radical (unpaired) electrons. The summed E-state index contributed by atoms with van der Waals surface area (Å²) in [6.45, 7) is 0.570. The van der Waals surface area contributed by atoms with Crippen LogP contribution >= 0.6 is 0 Å². The Kier molecular flexibility index (Phi) is 7.12. The average Bonchev–Trinajstić information content (AvgIpc) is 3.00. The van der Waals surface area contributed by atoms with Crippen molar-refractivity contribution in [3.8, 4) is 11.5 Å². The molecule has 1 heterocycles. The standard InChI is InChI=1S/C22H29N3O3/c1-27-19-10-9-16(13-20(19)28-2)15-24-21-14-17(11-12-23-21)22(26)25-18-7-5-3-4-6-8-18/h9-14,18H,3-8,15H2,1-2H3,(H,23,24)(H,25,26). The molecular weight excluding hydrogens is 354 g/mol. The highest BCUT2D eigenvalue weighted by Gasteiger charge is 2.16. The first kappa shape index (κ1) is 20.0. The summed E-state index contributed by atoms with van der Waals surface area (Å²) < 4.78 is 10.6. The van der Waals surface area contributed by atoms with E-state index in [2.05, 4.69) is 15.6 Å². The smallest absolute Gasteiger partial charge is 0.251 e. The quantitative estimate of drug-likeness (QED) is 0.702. The Balaban J connectivity index is 1.60. The third-order valence-corrected chi connectivity index (χ3v) is 5.13. The van der Waals surface area contributed by atoms with Crippen LogP contribution in [0.25, 0.3) is 0 Å². The Labute approximate surface area is 166 Å². The second kappa shape index (κ2) is 9.97.